The molecule has 1 heterocycles. The number of nitrogens with zero attached hydrogens (tertiary/aromatic N) is 3. The van der Waals surface area contributed by atoms with Crippen molar-refractivity contribution in [1.82, 2.24) is 14.9 Å². The number of aromatic nitrogens is 3. The van der Waals surface area contributed by atoms with E-state index in [1.165, 1.54) is 4.68 Å². The van der Waals surface area contributed by atoms with Crippen molar-refractivity contribution in [3.05, 3.63) is 20.8 Å². The lowest BCUT2D eigenvalue weighted by molar-refractivity contribution is 0.639. The summed E-state index contributed by atoms with van der Waals surface area (Å²) < 4.78 is 1.40. The Morgan fingerprint density at radius 2 is 2.19 bits per heavy atom. The van der Waals surface area contributed by atoms with Gasteiger partial charge in [-0.3, -0.25) is 9.89 Å². The maximum atomic E-state index is 11.7. The van der Waals surface area contributed by atoms with E-state index in [1.54, 1.807) is 13.1 Å². The molecule has 88 valence electrons. The van der Waals surface area contributed by atoms with Crippen molar-refractivity contribution in [2.24, 2.45) is 11.0 Å². The maximum Gasteiger partial charge on any atom is 0.296 e. The number of nitrogens with one attached hydrogen (secondary N) is 1. The molecule has 1 rings (SSSR count). The monoisotopic (exact) mass is 240 g/mol. The maximum absolute atomic E-state index is 11.7. The Morgan fingerprint density at radius 3 is 2.75 bits per heavy atom. The van der Waals surface area contributed by atoms with Gasteiger partial charge in [-0.05, 0) is 37.9 Å². The summed E-state index contributed by atoms with van der Waals surface area (Å²) in [5.41, 5.74) is 0.0845. The number of aromatic amines is 1. The van der Waals surface area contributed by atoms with Crippen molar-refractivity contribution >= 4 is 18.4 Å². The van der Waals surface area contributed by atoms with Crippen LogP contribution in [-0.4, -0.2) is 21.1 Å². The third-order valence-corrected chi connectivity index (χ3v) is 2.72. The standard InChI is InChI=1S/C10H16N4OS/c1-4-8(5-2)6-11-14-9(15)7(3)12-13-10(14)16/h6,8H,4-5H2,1-3H3,(H,13,16)/b11-6-. The summed E-state index contributed by atoms with van der Waals surface area (Å²) in [7, 11) is 0. The third kappa shape index (κ3) is 2.85. The normalized spacial score (nSPS) is 11.5. The lowest BCUT2D eigenvalue weighted by Crippen LogP contribution is -2.23. The Morgan fingerprint density at radius 1 is 1.56 bits per heavy atom. The van der Waals surface area contributed by atoms with Crippen LogP contribution < -0.4 is 5.56 Å². The Balaban J connectivity index is 3.11. The minimum atomic E-state index is -0.272. The number of aryl methyl sites for hydroxylation is 1. The van der Waals surface area contributed by atoms with Crippen LogP contribution in [0.1, 0.15) is 32.4 Å². The molecule has 0 aliphatic carbocycles. The van der Waals surface area contributed by atoms with Gasteiger partial charge in [0.1, 0.15) is 5.69 Å². The van der Waals surface area contributed by atoms with Crippen LogP contribution in [0.25, 0.3) is 0 Å². The molecule has 6 heteroatoms. The lowest BCUT2D eigenvalue weighted by Gasteiger charge is -2.04. The quantitative estimate of drug-likeness (QED) is 0.645. The molecule has 0 radical (unpaired) electrons. The molecule has 0 saturated heterocycles. The van der Waals surface area contributed by atoms with E-state index < -0.39 is 0 Å². The first-order chi connectivity index (χ1) is 7.60. The molecule has 16 heavy (non-hydrogen) atoms. The Labute approximate surface area is 99.2 Å². The molecule has 0 aliphatic rings. The molecule has 1 N–H and O–H groups in total. The first kappa shape index (κ1) is 12.8. The predicted molar refractivity (Wildman–Crippen MR) is 66.4 cm³/mol. The van der Waals surface area contributed by atoms with E-state index in [-0.39, 0.29) is 10.3 Å². The molecule has 0 aromatic carbocycles. The summed E-state index contributed by atoms with van der Waals surface area (Å²) in [5, 5.41) is 10.5. The topological polar surface area (TPSA) is 63.0 Å². The fraction of sp³-hybridized carbons (Fsp3) is 0.600. The van der Waals surface area contributed by atoms with Gasteiger partial charge in [-0.25, -0.2) is 0 Å². The molecule has 1 aromatic rings. The molecule has 0 saturated carbocycles. The van der Waals surface area contributed by atoms with Crippen molar-refractivity contribution in [3.63, 3.8) is 0 Å². The van der Waals surface area contributed by atoms with Gasteiger partial charge in [-0.1, -0.05) is 13.8 Å². The number of hydrogen-bond acceptors (Lipinski definition) is 4. The highest BCUT2D eigenvalue weighted by molar-refractivity contribution is 7.71. The highest BCUT2D eigenvalue weighted by Gasteiger charge is 2.02. The molecule has 0 fully saturated rings. The second-order valence-corrected chi connectivity index (χ2v) is 3.96. The van der Waals surface area contributed by atoms with E-state index in [1.807, 2.05) is 0 Å². The lowest BCUT2D eigenvalue weighted by atomic mass is 10.1. The van der Waals surface area contributed by atoms with Crippen molar-refractivity contribution in [3.8, 4) is 0 Å². The van der Waals surface area contributed by atoms with Crippen LogP contribution in [0.15, 0.2) is 9.90 Å². The SMILES string of the molecule is CCC(/C=N\n1c(=S)[nH]nc(C)c1=O)CC. The number of H-pyrrole nitrogens is 1. The van der Waals surface area contributed by atoms with Gasteiger partial charge in [0.2, 0.25) is 4.77 Å². The molecular weight excluding hydrogens is 224 g/mol. The van der Waals surface area contributed by atoms with E-state index in [0.29, 0.717) is 11.6 Å². The van der Waals surface area contributed by atoms with Crippen LogP contribution in [0.5, 0.6) is 0 Å². The second-order valence-electron chi connectivity index (χ2n) is 3.57. The average Bonchev–Trinajstić information content (AvgIpc) is 2.29. The molecule has 5 nitrogen and oxygen atoms in total. The van der Waals surface area contributed by atoms with E-state index in [9.17, 15) is 4.79 Å². The van der Waals surface area contributed by atoms with E-state index >= 15 is 0 Å². The summed E-state index contributed by atoms with van der Waals surface area (Å²) >= 11 is 4.95. The van der Waals surface area contributed by atoms with Crippen molar-refractivity contribution in [1.29, 1.82) is 0 Å². The number of hydrogen-bond donors (Lipinski definition) is 1. The smallest absolute Gasteiger partial charge is 0.265 e. The van der Waals surface area contributed by atoms with Gasteiger partial charge >= 0.3 is 0 Å². The summed E-state index contributed by atoms with van der Waals surface area (Å²) in [4.78, 5) is 11.7. The fourth-order valence-electron chi connectivity index (χ4n) is 1.24. The van der Waals surface area contributed by atoms with Gasteiger partial charge in [0.25, 0.3) is 5.56 Å². The fourth-order valence-corrected chi connectivity index (χ4v) is 1.41. The van der Waals surface area contributed by atoms with Crippen molar-refractivity contribution in [2.75, 3.05) is 0 Å². The zero-order chi connectivity index (χ0) is 12.1. The predicted octanol–water partition coefficient (Wildman–Crippen LogP) is 1.88. The Bertz CT molecular complexity index is 484. The van der Waals surface area contributed by atoms with Crippen LogP contribution in [0.3, 0.4) is 0 Å². The molecule has 0 unspecified atom stereocenters. The minimum Gasteiger partial charge on any atom is -0.265 e. The van der Waals surface area contributed by atoms with Crippen LogP contribution in [-0.2, 0) is 0 Å². The van der Waals surface area contributed by atoms with Gasteiger partial charge in [0.15, 0.2) is 0 Å². The van der Waals surface area contributed by atoms with E-state index in [4.69, 9.17) is 12.2 Å². The van der Waals surface area contributed by atoms with Crippen molar-refractivity contribution < 1.29 is 0 Å². The third-order valence-electron chi connectivity index (χ3n) is 2.46. The summed E-state index contributed by atoms with van der Waals surface area (Å²) in [5.74, 6) is 0.370. The van der Waals surface area contributed by atoms with Gasteiger partial charge < -0.3 is 0 Å². The molecule has 0 aliphatic heterocycles. The average molecular weight is 240 g/mol. The van der Waals surface area contributed by atoms with Crippen LogP contribution in [0.2, 0.25) is 0 Å². The first-order valence-corrected chi connectivity index (χ1v) is 5.73. The van der Waals surface area contributed by atoms with Gasteiger partial charge in [0, 0.05) is 6.21 Å². The Kier molecular flexibility index (Phi) is 4.54. The summed E-state index contributed by atoms with van der Waals surface area (Å²) in [6, 6.07) is 0. The molecule has 0 atom stereocenters. The molecule has 0 bridgehead atoms. The molecule has 0 spiro atoms. The second kappa shape index (κ2) is 5.69. The summed E-state index contributed by atoms with van der Waals surface area (Å²) in [6.07, 6.45) is 3.76. The van der Waals surface area contributed by atoms with Gasteiger partial charge in [-0.15, -0.1) is 0 Å². The highest BCUT2D eigenvalue weighted by Crippen LogP contribution is 2.03. The van der Waals surface area contributed by atoms with Crippen LogP contribution in [0.4, 0.5) is 0 Å². The minimum absolute atomic E-state index is 0.220. The van der Waals surface area contributed by atoms with E-state index in [2.05, 4.69) is 29.1 Å². The van der Waals surface area contributed by atoms with Crippen LogP contribution in [0, 0.1) is 17.6 Å². The van der Waals surface area contributed by atoms with Crippen molar-refractivity contribution in [2.45, 2.75) is 33.6 Å². The summed E-state index contributed by atoms with van der Waals surface area (Å²) in [6.45, 7) is 5.79. The van der Waals surface area contributed by atoms with Gasteiger partial charge in [-0.2, -0.15) is 14.9 Å². The highest BCUT2D eigenvalue weighted by atomic mass is 32.1. The molecule has 1 aromatic heterocycles. The first-order valence-electron chi connectivity index (χ1n) is 5.32. The zero-order valence-electron chi connectivity index (χ0n) is 9.73. The number of rotatable bonds is 4. The molecular formula is C10H16N4OS. The zero-order valence-corrected chi connectivity index (χ0v) is 10.5. The van der Waals surface area contributed by atoms with Gasteiger partial charge in [0.05, 0.1) is 0 Å². The Hall–Kier alpha value is -1.30. The van der Waals surface area contributed by atoms with E-state index in [0.717, 1.165) is 12.8 Å². The molecule has 0 amide bonds. The largest absolute Gasteiger partial charge is 0.296 e. The van der Waals surface area contributed by atoms with Crippen LogP contribution >= 0.6 is 12.2 Å².